The van der Waals surface area contributed by atoms with Crippen molar-refractivity contribution in [3.8, 4) is 0 Å². The molecule has 0 unspecified atom stereocenters. The van der Waals surface area contributed by atoms with Crippen LogP contribution in [0.25, 0.3) is 90.4 Å². The quantitative estimate of drug-likeness (QED) is 0.0665. The first-order chi connectivity index (χ1) is 63.6. The van der Waals surface area contributed by atoms with Crippen LogP contribution in [-0.2, 0) is 93.0 Å². The second-order valence-electron chi connectivity index (χ2n) is 38.4. The van der Waals surface area contributed by atoms with Crippen molar-refractivity contribution >= 4 is 90.4 Å². The number of nitrogens with zero attached hydrogens (tertiary/aromatic N) is 11. The Morgan fingerprint density at radius 1 is 0.235 bits per heavy atom. The number of allylic oxidation sites excluding steroid dienone is 4. The van der Waals surface area contributed by atoms with Crippen molar-refractivity contribution in [2.24, 2.45) is 45.9 Å². The van der Waals surface area contributed by atoms with Crippen molar-refractivity contribution in [2.75, 3.05) is 0 Å². The number of para-hydroxylation sites is 11. The third kappa shape index (κ3) is 23.5. The fourth-order valence-electron chi connectivity index (χ4n) is 18.6. The number of hydrogen-bond donors (Lipinski definition) is 0. The van der Waals surface area contributed by atoms with Crippen LogP contribution < -0.4 is 28.4 Å². The minimum absolute atomic E-state index is 0.0654. The van der Waals surface area contributed by atoms with E-state index in [9.17, 15) is 24.0 Å². The maximum atomic E-state index is 12.8. The summed E-state index contributed by atoms with van der Waals surface area (Å²) >= 11 is 0. The van der Waals surface area contributed by atoms with Crippen LogP contribution in [0.1, 0.15) is 210 Å². The summed E-state index contributed by atoms with van der Waals surface area (Å²) in [5, 5.41) is 1.29. The summed E-state index contributed by atoms with van der Waals surface area (Å²) in [7, 11) is 7.38. The minimum atomic E-state index is 0.0654. The second kappa shape index (κ2) is 45.3. The third-order valence-corrected chi connectivity index (χ3v) is 24.6. The van der Waals surface area contributed by atoms with Crippen LogP contribution in [0.2, 0.25) is 0 Å². The van der Waals surface area contributed by atoms with E-state index < -0.39 is 0 Å². The Bertz CT molecular complexity index is 6700. The van der Waals surface area contributed by atoms with Crippen molar-refractivity contribution in [2.45, 2.75) is 225 Å². The predicted octanol–water partition coefficient (Wildman–Crippen LogP) is 25.6. The lowest BCUT2D eigenvalue weighted by atomic mass is 10.1. The first-order valence-corrected chi connectivity index (χ1v) is 48.1. The van der Waals surface area contributed by atoms with Gasteiger partial charge in [0.2, 0.25) is 0 Å². The highest BCUT2D eigenvalue weighted by molar-refractivity contribution is 5.83. The van der Waals surface area contributed by atoms with Crippen LogP contribution in [0.15, 0.2) is 295 Å². The molecule has 0 atom stereocenters. The molecule has 4 aliphatic rings. The van der Waals surface area contributed by atoms with Crippen molar-refractivity contribution in [3.63, 3.8) is 0 Å². The zero-order valence-corrected chi connectivity index (χ0v) is 81.3. The summed E-state index contributed by atoms with van der Waals surface area (Å²) in [5.41, 5.74) is 30.2. The molecule has 0 saturated heterocycles. The molecule has 0 amide bonds. The van der Waals surface area contributed by atoms with E-state index in [4.69, 9.17) is 0 Å². The maximum absolute atomic E-state index is 12.8. The van der Waals surface area contributed by atoms with Crippen LogP contribution in [0.5, 0.6) is 0 Å². The molecule has 10 aromatic carbocycles. The highest BCUT2D eigenvalue weighted by Gasteiger charge is 2.22. The molecular formula is C116H139N11O5. The highest BCUT2D eigenvalue weighted by atomic mass is 16.2. The third-order valence-electron chi connectivity index (χ3n) is 24.6. The molecule has 20 rings (SSSR count). The van der Waals surface area contributed by atoms with Gasteiger partial charge in [-0.2, -0.15) is 0 Å². The first kappa shape index (κ1) is 96.6. The number of benzene rings is 10. The molecule has 6 aromatic heterocycles. The summed E-state index contributed by atoms with van der Waals surface area (Å²) in [6.45, 7) is 31.9. The molecule has 0 saturated carbocycles. The smallest absolute Gasteiger partial charge is 0.329 e. The molecule has 6 heterocycles. The Hall–Kier alpha value is -13.0. The first-order valence-electron chi connectivity index (χ1n) is 48.1. The van der Waals surface area contributed by atoms with E-state index in [0.717, 1.165) is 196 Å². The van der Waals surface area contributed by atoms with Gasteiger partial charge in [-0.25, -0.2) is 24.0 Å². The summed E-state index contributed by atoms with van der Waals surface area (Å²) in [4.78, 5) is 62.6. The molecule has 16 nitrogen and oxygen atoms in total. The van der Waals surface area contributed by atoms with Crippen molar-refractivity contribution < 1.29 is 0 Å². The standard InChI is InChI=1S/C22H25N3O.C22H24N2O.3C20H20N2O.3C4H10/c1-16(2)25-18(15-17-9-4-5-11-19(17)25)10-8-14-24-21-13-7-6-12-20(21)23(3)22(24)26;1-16(2)24-21-12-6-5-11-20(21)23(22(24)25)13-7-8-17-14-18-9-3-4-10-19(18)15-17;3*1-21-18-10-4-5-11-19(18)22(20(21)23)12-6-7-15-13-16-8-2-3-9-17(16)14-15;3*1-4(2)3/h4-7,9,11-13,15-16H,8,10,14H2,1-3H3;3-6,9-12,14,16H,7-8,13,15H2,1-2H3;3*2-5,8-11,13H,6-7,12,14H2,1H3;3*4H,1-3H3. The second-order valence-corrected chi connectivity index (χ2v) is 38.4. The zero-order chi connectivity index (χ0) is 93.8. The molecule has 0 spiro atoms. The molecule has 0 bridgehead atoms. The van der Waals surface area contributed by atoms with E-state index in [1.165, 1.54) is 83.4 Å². The van der Waals surface area contributed by atoms with Crippen molar-refractivity contribution in [1.29, 1.82) is 0 Å². The van der Waals surface area contributed by atoms with Gasteiger partial charge in [-0.15, -0.1) is 0 Å². The van der Waals surface area contributed by atoms with Crippen LogP contribution in [0.4, 0.5) is 0 Å². The Kier molecular flexibility index (Phi) is 33.1. The van der Waals surface area contributed by atoms with E-state index in [1.54, 1.807) is 18.3 Å². The van der Waals surface area contributed by atoms with Gasteiger partial charge in [0, 0.05) is 84.2 Å². The number of aryl methyl sites for hydroxylation is 10. The van der Waals surface area contributed by atoms with Crippen molar-refractivity contribution in [3.05, 3.63) is 374 Å². The zero-order valence-electron chi connectivity index (χ0n) is 81.3. The van der Waals surface area contributed by atoms with Gasteiger partial charge < -0.3 is 4.57 Å². The van der Waals surface area contributed by atoms with Crippen LogP contribution >= 0.6 is 0 Å². The van der Waals surface area contributed by atoms with E-state index >= 15 is 0 Å². The molecule has 0 aliphatic heterocycles. The van der Waals surface area contributed by atoms with Gasteiger partial charge in [0.15, 0.2) is 0 Å². The number of hydrogen-bond acceptors (Lipinski definition) is 5. The summed E-state index contributed by atoms with van der Waals surface area (Å²) in [6.07, 6.45) is 23.5. The molecule has 16 heteroatoms. The van der Waals surface area contributed by atoms with Gasteiger partial charge in [-0.3, -0.25) is 45.7 Å². The maximum Gasteiger partial charge on any atom is 0.329 e. The Morgan fingerprint density at radius 2 is 0.447 bits per heavy atom. The Morgan fingerprint density at radius 3 is 0.712 bits per heavy atom. The van der Waals surface area contributed by atoms with Crippen LogP contribution in [0, 0.1) is 17.8 Å². The monoisotopic (exact) mass is 1770 g/mol. The highest BCUT2D eigenvalue weighted by Crippen LogP contribution is 2.34. The van der Waals surface area contributed by atoms with Gasteiger partial charge in [0.05, 0.1) is 55.2 Å². The number of fused-ring (bicyclic) bond motifs is 10. The average molecular weight is 1770 g/mol. The molecular weight excluding hydrogens is 1630 g/mol. The lowest BCUT2D eigenvalue weighted by Gasteiger charge is -2.15. The molecule has 132 heavy (non-hydrogen) atoms. The Labute approximate surface area is 780 Å². The molecule has 16 aromatic rings. The SMILES string of the molecule is CC(C)C.CC(C)C.CC(C)C.CC(C)n1c(=O)n(CCCC2=Cc3ccccc3C2)c2ccccc21.CC(C)n1c(CCCn2c(=O)n(C)c3ccccc32)cc2ccccc21.Cn1c(=O)n(CCCC2=Cc3ccccc3C2)c2ccccc21.Cn1c(=O)n(CCCC2=Cc3ccccc3C2)c2ccccc21.Cn1c(=O)n(CCCC2=Cc3ccccc3C2)c2ccccc21. The molecule has 688 valence electrons. The lowest BCUT2D eigenvalue weighted by molar-refractivity contribution is 0.553. The van der Waals surface area contributed by atoms with Gasteiger partial charge >= 0.3 is 28.4 Å². The molecule has 0 radical (unpaired) electrons. The molecule has 4 aliphatic carbocycles. The number of aromatic nitrogens is 11. The molecule has 0 N–H and O–H groups in total. The largest absolute Gasteiger partial charge is 0.342 e. The van der Waals surface area contributed by atoms with E-state index in [-0.39, 0.29) is 34.5 Å². The predicted molar refractivity (Wildman–Crippen MR) is 557 cm³/mol. The van der Waals surface area contributed by atoms with E-state index in [0.29, 0.717) is 6.04 Å². The number of rotatable bonds is 22. The van der Waals surface area contributed by atoms with Gasteiger partial charge in [-0.1, -0.05) is 285 Å². The van der Waals surface area contributed by atoms with E-state index in [2.05, 4.69) is 252 Å². The van der Waals surface area contributed by atoms with Crippen LogP contribution in [-0.4, -0.2) is 50.2 Å². The normalized spacial score (nSPS) is 12.7. The molecule has 0 fully saturated rings. The van der Waals surface area contributed by atoms with Gasteiger partial charge in [-0.05, 0) is 258 Å². The number of imidazole rings is 5. The lowest BCUT2D eigenvalue weighted by Crippen LogP contribution is -2.25. The van der Waals surface area contributed by atoms with Gasteiger partial charge in [0.1, 0.15) is 0 Å². The van der Waals surface area contributed by atoms with Crippen LogP contribution in [0.3, 0.4) is 0 Å². The summed E-state index contributed by atoms with van der Waals surface area (Å²) in [6, 6.07) is 85.9. The average Bonchev–Trinajstić information content (AvgIpc) is 1.65. The summed E-state index contributed by atoms with van der Waals surface area (Å²) < 4.78 is 20.8. The summed E-state index contributed by atoms with van der Waals surface area (Å²) in [5.74, 6) is 2.50. The fourth-order valence-corrected chi connectivity index (χ4v) is 18.6. The van der Waals surface area contributed by atoms with Gasteiger partial charge in [0.25, 0.3) is 0 Å². The Balaban J connectivity index is 0.000000136. The van der Waals surface area contributed by atoms with E-state index in [1.807, 2.05) is 171 Å². The minimum Gasteiger partial charge on any atom is -0.342 e. The van der Waals surface area contributed by atoms with Crippen molar-refractivity contribution in [1.82, 2.24) is 50.2 Å². The fraction of sp³-hybridized carbons (Fsp3) is 0.353. The topological polar surface area (TPSA) is 140 Å².